The Kier molecular flexibility index (Phi) is 6.62. The van der Waals surface area contributed by atoms with E-state index in [0.29, 0.717) is 40.2 Å². The molecule has 2 N–H and O–H groups in total. The number of methoxy groups -OCH3 is 2. The van der Waals surface area contributed by atoms with Crippen molar-refractivity contribution in [3.63, 3.8) is 0 Å². The molecule has 0 saturated heterocycles. The van der Waals surface area contributed by atoms with Crippen LogP contribution in [0.25, 0.3) is 10.9 Å². The summed E-state index contributed by atoms with van der Waals surface area (Å²) in [6.45, 7) is 0.338. The summed E-state index contributed by atoms with van der Waals surface area (Å²) in [7, 11) is 3.07. The number of halogens is 1. The number of nitrogens with zero attached hydrogens (tertiary/aromatic N) is 1. The Morgan fingerprint density at radius 1 is 1.06 bits per heavy atom. The van der Waals surface area contributed by atoms with E-state index in [-0.39, 0.29) is 16.2 Å². The van der Waals surface area contributed by atoms with E-state index < -0.39 is 0 Å². The summed E-state index contributed by atoms with van der Waals surface area (Å²) in [5.74, 6) is 0.735. The number of hydrogen-bond donors (Lipinski definition) is 2. The molecular formula is C24H20BrN3O4S. The van der Waals surface area contributed by atoms with E-state index in [1.54, 1.807) is 43.5 Å². The fourth-order valence-corrected chi connectivity index (χ4v) is 4.18. The molecule has 1 amide bonds. The number of rotatable bonds is 6. The number of fused-ring (bicyclic) bond motifs is 1. The summed E-state index contributed by atoms with van der Waals surface area (Å²) < 4.78 is 13.2. The van der Waals surface area contributed by atoms with E-state index >= 15 is 0 Å². The minimum atomic E-state index is -0.332. The van der Waals surface area contributed by atoms with E-state index in [4.69, 9.17) is 21.7 Å². The first kappa shape index (κ1) is 22.8. The number of hydrogen-bond acceptors (Lipinski definition) is 5. The van der Waals surface area contributed by atoms with Gasteiger partial charge in [0.25, 0.3) is 11.5 Å². The molecule has 3 aromatic carbocycles. The van der Waals surface area contributed by atoms with Crippen LogP contribution in [0.15, 0.2) is 69.9 Å². The minimum Gasteiger partial charge on any atom is -0.493 e. The third-order valence-electron chi connectivity index (χ3n) is 5.12. The molecule has 1 heterocycles. The molecule has 9 heteroatoms. The van der Waals surface area contributed by atoms with Crippen molar-refractivity contribution in [2.45, 2.75) is 6.54 Å². The fraction of sp³-hybridized carbons (Fsp3) is 0.125. The predicted molar refractivity (Wildman–Crippen MR) is 134 cm³/mol. The number of anilines is 1. The van der Waals surface area contributed by atoms with Gasteiger partial charge < -0.3 is 19.8 Å². The maximum absolute atomic E-state index is 13.1. The quantitative estimate of drug-likeness (QED) is 0.340. The number of ether oxygens (including phenoxy) is 2. The maximum atomic E-state index is 13.1. The highest BCUT2D eigenvalue weighted by atomic mass is 79.9. The van der Waals surface area contributed by atoms with Crippen molar-refractivity contribution in [1.82, 2.24) is 9.55 Å². The third-order valence-corrected chi connectivity index (χ3v) is 5.93. The van der Waals surface area contributed by atoms with Gasteiger partial charge in [0.05, 0.1) is 31.7 Å². The lowest BCUT2D eigenvalue weighted by atomic mass is 10.1. The molecular weight excluding hydrogens is 506 g/mol. The van der Waals surface area contributed by atoms with E-state index in [1.807, 2.05) is 24.3 Å². The van der Waals surface area contributed by atoms with Crippen LogP contribution in [0.2, 0.25) is 0 Å². The van der Waals surface area contributed by atoms with E-state index in [1.165, 1.54) is 11.7 Å². The maximum Gasteiger partial charge on any atom is 0.262 e. The van der Waals surface area contributed by atoms with Gasteiger partial charge in [0.1, 0.15) is 0 Å². The lowest BCUT2D eigenvalue weighted by Gasteiger charge is -2.12. The molecule has 33 heavy (non-hydrogen) atoms. The molecule has 0 aliphatic carbocycles. The second-order valence-corrected chi connectivity index (χ2v) is 8.54. The second kappa shape index (κ2) is 9.60. The van der Waals surface area contributed by atoms with Crippen LogP contribution in [-0.2, 0) is 6.54 Å². The van der Waals surface area contributed by atoms with Crippen LogP contribution < -0.4 is 20.3 Å². The Morgan fingerprint density at radius 2 is 1.85 bits per heavy atom. The average molecular weight is 526 g/mol. The lowest BCUT2D eigenvalue weighted by molar-refractivity contribution is 0.102. The van der Waals surface area contributed by atoms with Gasteiger partial charge in [-0.15, -0.1) is 0 Å². The summed E-state index contributed by atoms with van der Waals surface area (Å²) in [5, 5.41) is 3.27. The molecule has 168 valence electrons. The molecule has 4 rings (SSSR count). The number of nitrogens with one attached hydrogen (secondary N) is 2. The first-order chi connectivity index (χ1) is 15.9. The van der Waals surface area contributed by atoms with Crippen LogP contribution in [0.4, 0.5) is 5.69 Å². The molecule has 0 saturated carbocycles. The van der Waals surface area contributed by atoms with Crippen LogP contribution in [0, 0.1) is 4.77 Å². The zero-order valence-electron chi connectivity index (χ0n) is 17.8. The van der Waals surface area contributed by atoms with E-state index in [2.05, 4.69) is 26.2 Å². The first-order valence-corrected chi connectivity index (χ1v) is 11.1. The number of amides is 1. The van der Waals surface area contributed by atoms with Crippen molar-refractivity contribution >= 4 is 50.6 Å². The van der Waals surface area contributed by atoms with Gasteiger partial charge in [-0.25, -0.2) is 0 Å². The van der Waals surface area contributed by atoms with Crippen LogP contribution in [0.5, 0.6) is 11.5 Å². The van der Waals surface area contributed by atoms with Crippen molar-refractivity contribution in [3.8, 4) is 11.5 Å². The zero-order valence-corrected chi connectivity index (χ0v) is 20.2. The summed E-state index contributed by atoms with van der Waals surface area (Å²) in [4.78, 5) is 29.0. The van der Waals surface area contributed by atoms with Crippen molar-refractivity contribution in [2.75, 3.05) is 19.5 Å². The highest BCUT2D eigenvalue weighted by Gasteiger charge is 2.13. The van der Waals surface area contributed by atoms with E-state index in [9.17, 15) is 9.59 Å². The van der Waals surface area contributed by atoms with Crippen molar-refractivity contribution in [2.24, 2.45) is 0 Å². The Bertz CT molecular complexity index is 1480. The summed E-state index contributed by atoms with van der Waals surface area (Å²) in [6, 6.07) is 17.6. The molecule has 0 unspecified atom stereocenters. The number of benzene rings is 3. The Morgan fingerprint density at radius 3 is 2.58 bits per heavy atom. The van der Waals surface area contributed by atoms with Gasteiger partial charge >= 0.3 is 0 Å². The molecule has 4 aromatic rings. The molecule has 0 aliphatic rings. The van der Waals surface area contributed by atoms with E-state index in [0.717, 1.165) is 10.0 Å². The number of H-pyrrole nitrogens is 1. The monoisotopic (exact) mass is 525 g/mol. The van der Waals surface area contributed by atoms with Gasteiger partial charge in [0.15, 0.2) is 16.3 Å². The van der Waals surface area contributed by atoms with Crippen LogP contribution in [-0.4, -0.2) is 29.7 Å². The Labute approximate surface area is 203 Å². The SMILES string of the molecule is COc1ccc(NC(=O)c2ccc3c(=O)n(Cc4cccc(Br)c4)c(=S)[nH]c3c2)cc1OC. The van der Waals surface area contributed by atoms with Crippen molar-refractivity contribution in [3.05, 3.63) is 91.4 Å². The smallest absolute Gasteiger partial charge is 0.262 e. The third kappa shape index (κ3) is 4.84. The Balaban J connectivity index is 1.64. The van der Waals surface area contributed by atoms with Gasteiger partial charge in [0, 0.05) is 21.8 Å². The van der Waals surface area contributed by atoms with Crippen molar-refractivity contribution in [1.29, 1.82) is 0 Å². The average Bonchev–Trinajstić information content (AvgIpc) is 2.81. The molecule has 0 radical (unpaired) electrons. The first-order valence-electron chi connectivity index (χ1n) is 9.94. The zero-order chi connectivity index (χ0) is 23.5. The van der Waals surface area contributed by atoms with Gasteiger partial charge in [-0.2, -0.15) is 0 Å². The van der Waals surface area contributed by atoms with Crippen LogP contribution >= 0.6 is 28.1 Å². The van der Waals surface area contributed by atoms with Crippen LogP contribution in [0.1, 0.15) is 15.9 Å². The number of carbonyl (C=O) groups excluding carboxylic acids is 1. The van der Waals surface area contributed by atoms with Gasteiger partial charge in [0.2, 0.25) is 0 Å². The predicted octanol–water partition coefficient (Wildman–Crippen LogP) is 5.14. The molecule has 0 aliphatic heterocycles. The number of carbonyl (C=O) groups is 1. The summed E-state index contributed by atoms with van der Waals surface area (Å²) in [5.41, 5.74) is 2.15. The summed E-state index contributed by atoms with van der Waals surface area (Å²) in [6.07, 6.45) is 0. The van der Waals surface area contributed by atoms with Crippen LogP contribution in [0.3, 0.4) is 0 Å². The number of aromatic amines is 1. The molecule has 0 atom stereocenters. The van der Waals surface area contributed by atoms with Crippen molar-refractivity contribution < 1.29 is 14.3 Å². The topological polar surface area (TPSA) is 85.4 Å². The number of aromatic nitrogens is 2. The minimum absolute atomic E-state index is 0.222. The normalized spacial score (nSPS) is 10.8. The summed E-state index contributed by atoms with van der Waals surface area (Å²) >= 11 is 8.87. The fourth-order valence-electron chi connectivity index (χ4n) is 3.47. The molecule has 1 aromatic heterocycles. The standard InChI is InChI=1S/C24H20BrN3O4S/c1-31-20-9-7-17(12-21(20)32-2)26-22(29)15-6-8-18-19(11-15)27-24(33)28(23(18)30)13-14-4-3-5-16(25)10-14/h3-12H,13H2,1-2H3,(H,26,29)(H,27,33). The molecule has 0 spiro atoms. The molecule has 0 fully saturated rings. The van der Waals surface area contributed by atoms with Gasteiger partial charge in [-0.05, 0) is 60.2 Å². The molecule has 7 nitrogen and oxygen atoms in total. The van der Waals surface area contributed by atoms with Gasteiger partial charge in [-0.1, -0.05) is 28.1 Å². The second-order valence-electron chi connectivity index (χ2n) is 7.24. The lowest BCUT2D eigenvalue weighted by Crippen LogP contribution is -2.23. The molecule has 0 bridgehead atoms. The largest absolute Gasteiger partial charge is 0.493 e. The highest BCUT2D eigenvalue weighted by Crippen LogP contribution is 2.30. The van der Waals surface area contributed by atoms with Gasteiger partial charge in [-0.3, -0.25) is 14.2 Å². The Hall–Kier alpha value is -3.43. The highest BCUT2D eigenvalue weighted by molar-refractivity contribution is 9.10.